The van der Waals surface area contributed by atoms with Gasteiger partial charge in [-0.1, -0.05) is 25.5 Å². The second kappa shape index (κ2) is 7.47. The molecule has 0 unspecified atom stereocenters. The van der Waals surface area contributed by atoms with Crippen molar-refractivity contribution in [3.05, 3.63) is 29.8 Å². The lowest BCUT2D eigenvalue weighted by Crippen LogP contribution is -3.29. The van der Waals surface area contributed by atoms with Crippen LogP contribution in [0.25, 0.3) is 0 Å². The Hall–Kier alpha value is -1.06. The minimum absolute atomic E-state index is 0.941. The molecule has 1 saturated carbocycles. The first-order valence-electron chi connectivity index (χ1n) is 9.06. The second-order valence-electron chi connectivity index (χ2n) is 7.37. The van der Waals surface area contributed by atoms with Crippen LogP contribution < -0.4 is 14.5 Å². The van der Waals surface area contributed by atoms with Crippen LogP contribution >= 0.6 is 0 Å². The lowest BCUT2D eigenvalue weighted by molar-refractivity contribution is -1.03. The van der Waals surface area contributed by atoms with Gasteiger partial charge in [0.25, 0.3) is 0 Å². The van der Waals surface area contributed by atoms with Crippen molar-refractivity contribution >= 4 is 0 Å². The van der Waals surface area contributed by atoms with E-state index in [0.717, 1.165) is 24.3 Å². The summed E-state index contributed by atoms with van der Waals surface area (Å²) < 4.78 is 5.50. The van der Waals surface area contributed by atoms with Gasteiger partial charge in [-0.2, -0.15) is 0 Å². The number of nitrogens with one attached hydrogen (secondary N) is 2. The molecule has 3 heteroatoms. The number of methoxy groups -OCH3 is 1. The van der Waals surface area contributed by atoms with E-state index < -0.39 is 0 Å². The minimum atomic E-state index is 0.941. The molecule has 22 heavy (non-hydrogen) atoms. The van der Waals surface area contributed by atoms with Crippen LogP contribution in [-0.4, -0.2) is 39.3 Å². The average molecular weight is 304 g/mol. The lowest BCUT2D eigenvalue weighted by atomic mass is 9.86. The Morgan fingerprint density at radius 2 is 1.86 bits per heavy atom. The first kappa shape index (κ1) is 15.8. The zero-order chi connectivity index (χ0) is 15.4. The summed E-state index contributed by atoms with van der Waals surface area (Å²) in [5, 5.41) is 0. The Morgan fingerprint density at radius 3 is 2.59 bits per heavy atom. The fraction of sp³-hybridized carbons (Fsp3) is 0.684. The van der Waals surface area contributed by atoms with E-state index in [1.165, 1.54) is 57.4 Å². The zero-order valence-corrected chi connectivity index (χ0v) is 14.2. The quantitative estimate of drug-likeness (QED) is 0.832. The predicted octanol–water partition coefficient (Wildman–Crippen LogP) is 0.557. The van der Waals surface area contributed by atoms with Crippen molar-refractivity contribution in [2.24, 2.45) is 5.92 Å². The van der Waals surface area contributed by atoms with Crippen LogP contribution in [0.5, 0.6) is 5.75 Å². The predicted molar refractivity (Wildman–Crippen MR) is 89.5 cm³/mol. The van der Waals surface area contributed by atoms with Gasteiger partial charge in [-0.15, -0.1) is 0 Å². The number of ether oxygens (including phenoxy) is 1. The van der Waals surface area contributed by atoms with Gasteiger partial charge in [0.15, 0.2) is 0 Å². The van der Waals surface area contributed by atoms with Crippen molar-refractivity contribution in [3.8, 4) is 5.75 Å². The van der Waals surface area contributed by atoms with Gasteiger partial charge in [-0.05, 0) is 30.9 Å². The maximum absolute atomic E-state index is 5.50. The summed E-state index contributed by atoms with van der Waals surface area (Å²) in [6.07, 6.45) is 5.82. The third kappa shape index (κ3) is 3.82. The van der Waals surface area contributed by atoms with Gasteiger partial charge in [-0.3, -0.25) is 0 Å². The Bertz CT molecular complexity index is 468. The van der Waals surface area contributed by atoms with Gasteiger partial charge >= 0.3 is 0 Å². The molecular weight excluding hydrogens is 272 g/mol. The van der Waals surface area contributed by atoms with E-state index in [0.29, 0.717) is 0 Å². The Kier molecular flexibility index (Phi) is 5.37. The maximum Gasteiger partial charge on any atom is 0.127 e. The third-order valence-electron chi connectivity index (χ3n) is 5.75. The molecule has 1 aliphatic carbocycles. The van der Waals surface area contributed by atoms with Crippen LogP contribution in [0.2, 0.25) is 0 Å². The third-order valence-corrected chi connectivity index (χ3v) is 5.75. The van der Waals surface area contributed by atoms with E-state index in [1.54, 1.807) is 12.0 Å². The molecule has 1 aromatic rings. The molecule has 3 rings (SSSR count). The average Bonchev–Trinajstić information content (AvgIpc) is 2.56. The van der Waals surface area contributed by atoms with Gasteiger partial charge in [0, 0.05) is 12.0 Å². The molecule has 0 spiro atoms. The van der Waals surface area contributed by atoms with Crippen molar-refractivity contribution in [3.63, 3.8) is 0 Å². The van der Waals surface area contributed by atoms with Crippen LogP contribution in [0, 0.1) is 5.92 Å². The number of benzene rings is 1. The molecule has 1 aliphatic heterocycles. The minimum Gasteiger partial charge on any atom is -0.496 e. The van der Waals surface area contributed by atoms with Crippen molar-refractivity contribution in [1.82, 2.24) is 0 Å². The Balaban J connectivity index is 1.51. The van der Waals surface area contributed by atoms with Crippen LogP contribution in [0.1, 0.15) is 38.2 Å². The molecule has 0 radical (unpaired) electrons. The molecule has 2 N–H and O–H groups in total. The molecule has 1 heterocycles. The molecule has 0 aromatic heterocycles. The molecule has 2 fully saturated rings. The van der Waals surface area contributed by atoms with Crippen LogP contribution in [0.15, 0.2) is 24.3 Å². The van der Waals surface area contributed by atoms with E-state index in [4.69, 9.17) is 4.74 Å². The summed E-state index contributed by atoms with van der Waals surface area (Å²) in [5.41, 5.74) is 1.36. The molecule has 122 valence electrons. The van der Waals surface area contributed by atoms with E-state index >= 15 is 0 Å². The van der Waals surface area contributed by atoms with Crippen LogP contribution in [-0.2, 0) is 6.54 Å². The van der Waals surface area contributed by atoms with Crippen LogP contribution in [0.3, 0.4) is 0 Å². The normalized spacial score (nSPS) is 32.6. The zero-order valence-electron chi connectivity index (χ0n) is 14.2. The Morgan fingerprint density at radius 1 is 1.09 bits per heavy atom. The fourth-order valence-electron chi connectivity index (χ4n) is 4.43. The monoisotopic (exact) mass is 304 g/mol. The van der Waals surface area contributed by atoms with Gasteiger partial charge in [0.2, 0.25) is 0 Å². The summed E-state index contributed by atoms with van der Waals surface area (Å²) in [7, 11) is 1.78. The SMILES string of the molecule is COc1ccccc1C[NH+]1CC[NH+]([C@H]2CCC[C@@H](C)C2)CC1. The summed E-state index contributed by atoms with van der Waals surface area (Å²) in [6.45, 7) is 8.85. The smallest absolute Gasteiger partial charge is 0.127 e. The summed E-state index contributed by atoms with van der Waals surface area (Å²) >= 11 is 0. The molecule has 0 amide bonds. The van der Waals surface area contributed by atoms with Crippen molar-refractivity contribution in [1.29, 1.82) is 0 Å². The summed E-state index contributed by atoms with van der Waals surface area (Å²) in [4.78, 5) is 3.60. The van der Waals surface area contributed by atoms with Crippen LogP contribution in [0.4, 0.5) is 0 Å². The summed E-state index contributed by atoms with van der Waals surface area (Å²) in [5.74, 6) is 2.00. The number of para-hydroxylation sites is 1. The van der Waals surface area contributed by atoms with Crippen molar-refractivity contribution in [2.75, 3.05) is 33.3 Å². The standard InChI is InChI=1S/C19H30N2O/c1-16-6-5-8-18(14-16)21-12-10-20(11-13-21)15-17-7-3-4-9-19(17)22-2/h3-4,7,9,16,18H,5-6,8,10-15H2,1-2H3/p+2/t16-,18+/m1/s1. The van der Waals surface area contributed by atoms with Crippen molar-refractivity contribution < 1.29 is 14.5 Å². The maximum atomic E-state index is 5.50. The fourth-order valence-corrected chi connectivity index (χ4v) is 4.43. The van der Waals surface area contributed by atoms with Gasteiger partial charge in [0.1, 0.15) is 38.5 Å². The Labute approximate surface area is 135 Å². The molecular formula is C19H32N2O+2. The first-order valence-corrected chi connectivity index (χ1v) is 9.06. The van der Waals surface area contributed by atoms with Gasteiger partial charge < -0.3 is 14.5 Å². The van der Waals surface area contributed by atoms with Gasteiger partial charge in [-0.25, -0.2) is 0 Å². The van der Waals surface area contributed by atoms with E-state index in [2.05, 4.69) is 31.2 Å². The van der Waals surface area contributed by atoms with Crippen molar-refractivity contribution in [2.45, 2.75) is 45.2 Å². The number of quaternary nitrogens is 2. The summed E-state index contributed by atoms with van der Waals surface area (Å²) in [6, 6.07) is 9.43. The second-order valence-corrected chi connectivity index (χ2v) is 7.37. The highest BCUT2D eigenvalue weighted by molar-refractivity contribution is 5.32. The van der Waals surface area contributed by atoms with Gasteiger partial charge in [0.05, 0.1) is 13.2 Å². The van der Waals surface area contributed by atoms with E-state index in [-0.39, 0.29) is 0 Å². The molecule has 1 saturated heterocycles. The lowest BCUT2D eigenvalue weighted by Gasteiger charge is -2.37. The van der Waals surface area contributed by atoms with E-state index in [9.17, 15) is 0 Å². The largest absolute Gasteiger partial charge is 0.496 e. The van der Waals surface area contributed by atoms with E-state index in [1.807, 2.05) is 4.90 Å². The highest BCUT2D eigenvalue weighted by atomic mass is 16.5. The number of hydrogen-bond acceptors (Lipinski definition) is 1. The number of rotatable bonds is 4. The molecule has 3 nitrogen and oxygen atoms in total. The topological polar surface area (TPSA) is 18.1 Å². The molecule has 2 aliphatic rings. The number of hydrogen-bond donors (Lipinski definition) is 2. The highest BCUT2D eigenvalue weighted by Gasteiger charge is 2.32. The molecule has 2 atom stereocenters. The molecule has 0 bridgehead atoms. The first-order chi connectivity index (χ1) is 10.8. The number of piperazine rings is 1. The highest BCUT2D eigenvalue weighted by Crippen LogP contribution is 2.22. The molecule has 1 aromatic carbocycles.